The number of hydrogen-bond donors (Lipinski definition) is 4. The zero-order valence-corrected chi connectivity index (χ0v) is 10.4. The normalized spacial score (nSPS) is 14.9. The van der Waals surface area contributed by atoms with Crippen molar-refractivity contribution in [2.45, 2.75) is 13.5 Å². The number of imide groups is 2. The van der Waals surface area contributed by atoms with Gasteiger partial charge >= 0.3 is 6.03 Å². The quantitative estimate of drug-likeness (QED) is 0.419. The predicted molar refractivity (Wildman–Crippen MR) is 66.2 cm³/mol. The molecule has 104 valence electrons. The number of aliphatic hydroxyl groups is 1. The van der Waals surface area contributed by atoms with Gasteiger partial charge in [-0.15, -0.1) is 0 Å². The number of amides is 4. The number of carbonyl (C=O) groups is 3. The van der Waals surface area contributed by atoms with E-state index < -0.39 is 24.5 Å². The van der Waals surface area contributed by atoms with Crippen molar-refractivity contribution in [1.29, 1.82) is 0 Å². The third-order valence-corrected chi connectivity index (χ3v) is 2.76. The molecule has 1 aromatic heterocycles. The summed E-state index contributed by atoms with van der Waals surface area (Å²) in [6, 6.07) is -0.908. The molecular formula is C12H11N3O5. The Bertz CT molecular complexity index is 629. The molecule has 0 spiro atoms. The average molecular weight is 277 g/mol. The largest absolute Gasteiger partial charge is 0.505 e. The second kappa shape index (κ2) is 5.10. The zero-order valence-electron chi connectivity index (χ0n) is 10.4. The van der Waals surface area contributed by atoms with Gasteiger partial charge in [0.2, 0.25) is 0 Å². The van der Waals surface area contributed by atoms with Crippen LogP contribution in [0.4, 0.5) is 4.79 Å². The van der Waals surface area contributed by atoms with Crippen molar-refractivity contribution in [1.82, 2.24) is 15.6 Å². The molecule has 1 saturated heterocycles. The van der Waals surface area contributed by atoms with Gasteiger partial charge in [-0.05, 0) is 13.0 Å². The summed E-state index contributed by atoms with van der Waals surface area (Å²) in [6.45, 7) is 1.10. The summed E-state index contributed by atoms with van der Waals surface area (Å²) in [5.74, 6) is -2.01. The van der Waals surface area contributed by atoms with Crippen LogP contribution in [0.1, 0.15) is 16.8 Å². The number of aromatic nitrogens is 1. The number of pyridine rings is 1. The van der Waals surface area contributed by atoms with E-state index in [1.807, 2.05) is 10.6 Å². The molecule has 20 heavy (non-hydrogen) atoms. The van der Waals surface area contributed by atoms with Gasteiger partial charge in [-0.3, -0.25) is 25.2 Å². The van der Waals surface area contributed by atoms with Crippen molar-refractivity contribution in [3.8, 4) is 5.75 Å². The molecule has 0 aliphatic carbocycles. The Labute approximate surface area is 113 Å². The number of nitrogens with one attached hydrogen (secondary N) is 2. The van der Waals surface area contributed by atoms with Gasteiger partial charge < -0.3 is 10.2 Å². The molecule has 0 aromatic carbocycles. The van der Waals surface area contributed by atoms with E-state index in [-0.39, 0.29) is 28.1 Å². The van der Waals surface area contributed by atoms with Crippen molar-refractivity contribution >= 4 is 23.9 Å². The third-order valence-electron chi connectivity index (χ3n) is 2.76. The van der Waals surface area contributed by atoms with Crippen LogP contribution in [-0.2, 0) is 16.2 Å². The summed E-state index contributed by atoms with van der Waals surface area (Å²) in [5, 5.41) is 22.9. The fourth-order valence-electron chi connectivity index (χ4n) is 1.69. The van der Waals surface area contributed by atoms with Gasteiger partial charge in [-0.1, -0.05) is 0 Å². The van der Waals surface area contributed by atoms with E-state index >= 15 is 0 Å². The molecule has 4 amide bonds. The fourth-order valence-corrected chi connectivity index (χ4v) is 1.69. The minimum absolute atomic E-state index is 0.106. The van der Waals surface area contributed by atoms with Crippen LogP contribution in [0.5, 0.6) is 5.75 Å². The molecule has 2 rings (SSSR count). The van der Waals surface area contributed by atoms with Gasteiger partial charge in [0.1, 0.15) is 11.3 Å². The molecule has 1 fully saturated rings. The van der Waals surface area contributed by atoms with Crippen LogP contribution in [-0.4, -0.2) is 33.0 Å². The Morgan fingerprint density at radius 2 is 1.85 bits per heavy atom. The molecule has 2 heterocycles. The number of nitrogens with zero attached hydrogens (tertiary/aromatic N) is 1. The highest BCUT2D eigenvalue weighted by molar-refractivity contribution is 6.31. The molecule has 0 radical (unpaired) electrons. The fraction of sp³-hybridized carbons (Fsp3) is 0.167. The number of aromatic hydroxyl groups is 1. The van der Waals surface area contributed by atoms with Gasteiger partial charge in [0.15, 0.2) is 0 Å². The van der Waals surface area contributed by atoms with Gasteiger partial charge in [0.05, 0.1) is 12.3 Å². The van der Waals surface area contributed by atoms with Gasteiger partial charge in [-0.2, -0.15) is 0 Å². The van der Waals surface area contributed by atoms with Crippen LogP contribution in [0.2, 0.25) is 0 Å². The summed E-state index contributed by atoms with van der Waals surface area (Å²) >= 11 is 0. The first-order valence-corrected chi connectivity index (χ1v) is 5.60. The summed E-state index contributed by atoms with van der Waals surface area (Å²) < 4.78 is 0. The summed E-state index contributed by atoms with van der Waals surface area (Å²) in [4.78, 5) is 38.0. The van der Waals surface area contributed by atoms with Crippen LogP contribution in [0.25, 0.3) is 6.08 Å². The van der Waals surface area contributed by atoms with E-state index in [4.69, 9.17) is 0 Å². The van der Waals surface area contributed by atoms with Crippen molar-refractivity contribution in [3.05, 3.63) is 28.6 Å². The highest BCUT2D eigenvalue weighted by Gasteiger charge is 2.28. The van der Waals surface area contributed by atoms with Gasteiger partial charge in [-0.25, -0.2) is 4.79 Å². The number of urea groups is 1. The molecule has 1 aromatic rings. The third kappa shape index (κ3) is 2.36. The van der Waals surface area contributed by atoms with E-state index in [0.29, 0.717) is 0 Å². The number of aryl methyl sites for hydroxylation is 1. The zero-order chi connectivity index (χ0) is 14.9. The second-order valence-electron chi connectivity index (χ2n) is 4.08. The summed E-state index contributed by atoms with van der Waals surface area (Å²) in [6.07, 6.45) is 2.43. The number of aliphatic hydroxyl groups excluding tert-OH is 1. The van der Waals surface area contributed by atoms with E-state index in [2.05, 4.69) is 4.98 Å². The van der Waals surface area contributed by atoms with E-state index in [9.17, 15) is 24.6 Å². The van der Waals surface area contributed by atoms with Gasteiger partial charge in [0.25, 0.3) is 11.8 Å². The minimum Gasteiger partial charge on any atom is -0.505 e. The molecule has 8 nitrogen and oxygen atoms in total. The summed E-state index contributed by atoms with van der Waals surface area (Å²) in [7, 11) is 0. The Morgan fingerprint density at radius 1 is 1.25 bits per heavy atom. The van der Waals surface area contributed by atoms with E-state index in [1.165, 1.54) is 13.1 Å². The smallest absolute Gasteiger partial charge is 0.328 e. The first-order valence-electron chi connectivity index (χ1n) is 5.60. The van der Waals surface area contributed by atoms with Crippen LogP contribution in [0.15, 0.2) is 11.8 Å². The molecule has 0 bridgehead atoms. The van der Waals surface area contributed by atoms with Crippen molar-refractivity contribution in [2.24, 2.45) is 0 Å². The number of carbonyl (C=O) groups excluding carboxylic acids is 3. The molecule has 4 N–H and O–H groups in total. The van der Waals surface area contributed by atoms with Crippen molar-refractivity contribution in [3.63, 3.8) is 0 Å². The standard InChI is InChI=1S/C12H11N3O5/c1-5-9(17)7(6(4-16)3-13-5)2-8-10(18)14-12(20)15-11(8)19/h2-3,16-17H,4H2,1H3,(H2,14,15,18,19,20). The van der Waals surface area contributed by atoms with E-state index in [1.54, 1.807) is 0 Å². The lowest BCUT2D eigenvalue weighted by atomic mass is 10.0. The number of rotatable bonds is 2. The van der Waals surface area contributed by atoms with Crippen LogP contribution in [0, 0.1) is 6.92 Å². The maximum absolute atomic E-state index is 11.6. The van der Waals surface area contributed by atoms with Crippen LogP contribution < -0.4 is 10.6 Å². The van der Waals surface area contributed by atoms with Crippen molar-refractivity contribution in [2.75, 3.05) is 0 Å². The molecular weight excluding hydrogens is 266 g/mol. The first-order chi connectivity index (χ1) is 9.43. The van der Waals surface area contributed by atoms with Gasteiger partial charge in [0, 0.05) is 17.3 Å². The number of hydrogen-bond acceptors (Lipinski definition) is 6. The molecule has 0 atom stereocenters. The first kappa shape index (κ1) is 13.7. The molecule has 1 aliphatic heterocycles. The molecule has 8 heteroatoms. The Hall–Kier alpha value is -2.74. The lowest BCUT2D eigenvalue weighted by Crippen LogP contribution is -2.51. The second-order valence-corrected chi connectivity index (χ2v) is 4.08. The highest BCUT2D eigenvalue weighted by atomic mass is 16.3. The topological polar surface area (TPSA) is 129 Å². The Morgan fingerprint density at radius 3 is 2.40 bits per heavy atom. The molecule has 0 unspecified atom stereocenters. The molecule has 0 saturated carbocycles. The van der Waals surface area contributed by atoms with E-state index in [0.717, 1.165) is 6.08 Å². The van der Waals surface area contributed by atoms with Crippen LogP contribution >= 0.6 is 0 Å². The summed E-state index contributed by atoms with van der Waals surface area (Å²) in [5.41, 5.74) is 0.287. The minimum atomic E-state index is -0.908. The monoisotopic (exact) mass is 277 g/mol. The SMILES string of the molecule is Cc1ncc(CO)c(C=C2C(=O)NC(=O)NC2=O)c1O. The maximum atomic E-state index is 11.6. The van der Waals surface area contributed by atoms with Crippen molar-refractivity contribution < 1.29 is 24.6 Å². The number of barbiturate groups is 1. The molecule has 1 aliphatic rings. The highest BCUT2D eigenvalue weighted by Crippen LogP contribution is 2.26. The average Bonchev–Trinajstić information content (AvgIpc) is 2.38. The maximum Gasteiger partial charge on any atom is 0.328 e. The lowest BCUT2D eigenvalue weighted by molar-refractivity contribution is -0.123. The predicted octanol–water partition coefficient (Wildman–Crippen LogP) is -0.663. The lowest BCUT2D eigenvalue weighted by Gasteiger charge is -2.15. The van der Waals surface area contributed by atoms with Crippen LogP contribution in [0.3, 0.4) is 0 Å². The Kier molecular flexibility index (Phi) is 3.49. The Balaban J connectivity index is 2.55.